The quantitative estimate of drug-likeness (QED) is 0.374. The summed E-state index contributed by atoms with van der Waals surface area (Å²) in [6.07, 6.45) is 10.0. The Morgan fingerprint density at radius 2 is 1.07 bits per heavy atom. The lowest BCUT2D eigenvalue weighted by Crippen LogP contribution is -1.85. The standard InChI is InChI=1S/C12H18.C11H15F.3C2H6/c1-3-4-5-8-12-9-6-7-11(2)10-12;1-2-3-4-5-10-6-8-11(12)9-7-10;3*1-2/h6-7,9-10H,3-5,8H2,1-2H3;6-9H,2-5H2,1H3;3*1-2H3. The molecule has 0 amide bonds. The fourth-order valence-electron chi connectivity index (χ4n) is 2.68. The van der Waals surface area contributed by atoms with Gasteiger partial charge in [-0.15, -0.1) is 0 Å². The Balaban J connectivity index is -0.000000389. The zero-order chi connectivity index (χ0) is 23.6. The molecule has 0 nitrogen and oxygen atoms in total. The molecule has 0 radical (unpaired) electrons. The maximum atomic E-state index is 12.5. The third-order valence-electron chi connectivity index (χ3n) is 4.13. The van der Waals surface area contributed by atoms with Gasteiger partial charge in [0.2, 0.25) is 0 Å². The number of hydrogen-bond acceptors (Lipinski definition) is 0. The number of hydrogen-bond donors (Lipinski definition) is 0. The Bertz CT molecular complexity index is 543. The van der Waals surface area contributed by atoms with Crippen molar-refractivity contribution in [3.63, 3.8) is 0 Å². The Morgan fingerprint density at radius 3 is 1.50 bits per heavy atom. The van der Waals surface area contributed by atoms with Crippen molar-refractivity contribution in [2.45, 2.75) is 114 Å². The summed E-state index contributed by atoms with van der Waals surface area (Å²) in [5.74, 6) is -0.144. The van der Waals surface area contributed by atoms with Crippen molar-refractivity contribution in [2.75, 3.05) is 0 Å². The Kier molecular flexibility index (Phi) is 30.1. The molecule has 2 aromatic rings. The number of unbranched alkanes of at least 4 members (excludes halogenated alkanes) is 4. The molecule has 0 fully saturated rings. The lowest BCUT2D eigenvalue weighted by Gasteiger charge is -2.00. The molecule has 30 heavy (non-hydrogen) atoms. The van der Waals surface area contributed by atoms with Crippen molar-refractivity contribution >= 4 is 0 Å². The minimum Gasteiger partial charge on any atom is -0.207 e. The topological polar surface area (TPSA) is 0 Å². The van der Waals surface area contributed by atoms with Crippen molar-refractivity contribution in [3.8, 4) is 0 Å². The molecule has 0 atom stereocenters. The number of halogens is 1. The summed E-state index contributed by atoms with van der Waals surface area (Å²) in [7, 11) is 0. The van der Waals surface area contributed by atoms with E-state index in [9.17, 15) is 4.39 Å². The third kappa shape index (κ3) is 21.1. The molecule has 174 valence electrons. The Hall–Kier alpha value is -1.63. The van der Waals surface area contributed by atoms with Gasteiger partial charge in [0.25, 0.3) is 0 Å². The summed E-state index contributed by atoms with van der Waals surface area (Å²) in [5, 5.41) is 0. The molecule has 0 aliphatic carbocycles. The van der Waals surface area contributed by atoms with E-state index < -0.39 is 0 Å². The van der Waals surface area contributed by atoms with E-state index in [4.69, 9.17) is 0 Å². The van der Waals surface area contributed by atoms with Gasteiger partial charge in [0.1, 0.15) is 5.82 Å². The van der Waals surface area contributed by atoms with Crippen molar-refractivity contribution in [2.24, 2.45) is 0 Å². The minimum absolute atomic E-state index is 0.144. The predicted molar refractivity (Wildman–Crippen MR) is 138 cm³/mol. The fraction of sp³-hybridized carbons (Fsp3) is 0.586. The van der Waals surface area contributed by atoms with Crippen molar-refractivity contribution in [1.82, 2.24) is 0 Å². The summed E-state index contributed by atoms with van der Waals surface area (Å²) in [6, 6.07) is 15.6. The van der Waals surface area contributed by atoms with Gasteiger partial charge < -0.3 is 0 Å². The smallest absolute Gasteiger partial charge is 0.123 e. The summed E-state index contributed by atoms with van der Waals surface area (Å²) < 4.78 is 12.5. The average molecular weight is 419 g/mol. The van der Waals surface area contributed by atoms with Crippen LogP contribution in [0, 0.1) is 12.7 Å². The fourth-order valence-corrected chi connectivity index (χ4v) is 2.68. The van der Waals surface area contributed by atoms with E-state index in [-0.39, 0.29) is 5.82 Å². The largest absolute Gasteiger partial charge is 0.207 e. The molecule has 0 heterocycles. The van der Waals surface area contributed by atoms with Crippen molar-refractivity contribution in [1.29, 1.82) is 0 Å². The van der Waals surface area contributed by atoms with E-state index in [1.807, 2.05) is 53.7 Å². The first kappa shape index (κ1) is 33.0. The Morgan fingerprint density at radius 1 is 0.600 bits per heavy atom. The van der Waals surface area contributed by atoms with Crippen LogP contribution in [0.15, 0.2) is 48.5 Å². The highest BCUT2D eigenvalue weighted by molar-refractivity contribution is 5.22. The zero-order valence-corrected chi connectivity index (χ0v) is 21.7. The molecule has 0 aliphatic heterocycles. The summed E-state index contributed by atoms with van der Waals surface area (Å²) in [4.78, 5) is 0. The van der Waals surface area contributed by atoms with Crippen molar-refractivity contribution < 1.29 is 4.39 Å². The minimum atomic E-state index is -0.144. The molecule has 0 aliphatic rings. The molecule has 0 spiro atoms. The molecular weight excluding hydrogens is 367 g/mol. The molecule has 0 saturated carbocycles. The molecule has 0 bridgehead atoms. The lowest BCUT2D eigenvalue weighted by molar-refractivity contribution is 0.626. The molecule has 2 aromatic carbocycles. The highest BCUT2D eigenvalue weighted by Gasteiger charge is 1.93. The molecule has 2 rings (SSSR count). The highest BCUT2D eigenvalue weighted by Crippen LogP contribution is 2.09. The SMILES string of the molecule is CC.CC.CC.CCCCCc1ccc(F)cc1.CCCCCc1cccc(C)c1. The summed E-state index contributed by atoms with van der Waals surface area (Å²) in [5.41, 5.74) is 4.11. The van der Waals surface area contributed by atoms with Gasteiger partial charge >= 0.3 is 0 Å². The molecule has 1 heteroatoms. The van der Waals surface area contributed by atoms with E-state index in [0.29, 0.717) is 0 Å². The van der Waals surface area contributed by atoms with Crippen LogP contribution in [0.5, 0.6) is 0 Å². The first-order valence-corrected chi connectivity index (χ1v) is 12.5. The van der Waals surface area contributed by atoms with Gasteiger partial charge in [-0.2, -0.15) is 0 Å². The van der Waals surface area contributed by atoms with Crippen LogP contribution in [-0.4, -0.2) is 0 Å². The maximum Gasteiger partial charge on any atom is 0.123 e. The van der Waals surface area contributed by atoms with E-state index in [2.05, 4.69) is 45.0 Å². The second-order valence-electron chi connectivity index (χ2n) is 6.53. The number of benzene rings is 2. The molecule has 0 saturated heterocycles. The van der Waals surface area contributed by atoms with Gasteiger partial charge in [0.15, 0.2) is 0 Å². The second-order valence-corrected chi connectivity index (χ2v) is 6.53. The molecule has 0 aromatic heterocycles. The van der Waals surface area contributed by atoms with Gasteiger partial charge in [-0.05, 0) is 55.9 Å². The molecule has 0 unspecified atom stereocenters. The van der Waals surface area contributed by atoms with Crippen LogP contribution >= 0.6 is 0 Å². The molecule has 0 N–H and O–H groups in total. The Labute approximate surface area is 189 Å². The van der Waals surface area contributed by atoms with E-state index >= 15 is 0 Å². The number of rotatable bonds is 8. The lowest BCUT2D eigenvalue weighted by atomic mass is 10.1. The predicted octanol–water partition coefficient (Wildman–Crippen LogP) is 10.4. The first-order chi connectivity index (χ1) is 14.7. The monoisotopic (exact) mass is 418 g/mol. The normalized spacial score (nSPS) is 8.73. The van der Waals surface area contributed by atoms with Crippen LogP contribution in [0.25, 0.3) is 0 Å². The summed E-state index contributed by atoms with van der Waals surface area (Å²) >= 11 is 0. The van der Waals surface area contributed by atoms with Gasteiger partial charge in [-0.1, -0.05) is 123 Å². The van der Waals surface area contributed by atoms with Gasteiger partial charge in [-0.25, -0.2) is 4.39 Å². The number of aryl methyl sites for hydroxylation is 3. The van der Waals surface area contributed by atoms with Crippen LogP contribution in [0.2, 0.25) is 0 Å². The van der Waals surface area contributed by atoms with Crippen LogP contribution in [0.4, 0.5) is 4.39 Å². The van der Waals surface area contributed by atoms with Crippen molar-refractivity contribution in [3.05, 3.63) is 71.0 Å². The van der Waals surface area contributed by atoms with Gasteiger partial charge in [0, 0.05) is 0 Å². The summed E-state index contributed by atoms with van der Waals surface area (Å²) in [6.45, 7) is 18.6. The third-order valence-corrected chi connectivity index (χ3v) is 4.13. The second kappa shape index (κ2) is 27.4. The highest BCUT2D eigenvalue weighted by atomic mass is 19.1. The van der Waals surface area contributed by atoms with E-state index in [0.717, 1.165) is 6.42 Å². The van der Waals surface area contributed by atoms with E-state index in [1.54, 1.807) is 0 Å². The van der Waals surface area contributed by atoms with Crippen LogP contribution in [0.1, 0.15) is 111 Å². The van der Waals surface area contributed by atoms with Crippen LogP contribution in [-0.2, 0) is 12.8 Å². The van der Waals surface area contributed by atoms with Gasteiger partial charge in [-0.3, -0.25) is 0 Å². The first-order valence-electron chi connectivity index (χ1n) is 12.5. The maximum absolute atomic E-state index is 12.5. The average Bonchev–Trinajstić information content (AvgIpc) is 2.80. The van der Waals surface area contributed by atoms with E-state index in [1.165, 1.54) is 73.8 Å². The van der Waals surface area contributed by atoms with Crippen LogP contribution < -0.4 is 0 Å². The van der Waals surface area contributed by atoms with Gasteiger partial charge in [0.05, 0.1) is 0 Å². The van der Waals surface area contributed by atoms with Crippen LogP contribution in [0.3, 0.4) is 0 Å². The molecular formula is C29H51F. The zero-order valence-electron chi connectivity index (χ0n) is 21.7.